The maximum Gasteiger partial charge on any atom is 0.0595 e. The van der Waals surface area contributed by atoms with Gasteiger partial charge in [-0.2, -0.15) is 0 Å². The summed E-state index contributed by atoms with van der Waals surface area (Å²) in [6, 6.07) is 5.97. The Morgan fingerprint density at radius 1 is 0.917 bits per heavy atom. The number of hydrogen-bond acceptors (Lipinski definition) is 2. The van der Waals surface area contributed by atoms with Gasteiger partial charge in [0, 0.05) is 12.1 Å². The molecule has 3 rings (SSSR count). The first-order valence-electron chi connectivity index (χ1n) is 9.59. The van der Waals surface area contributed by atoms with Crippen molar-refractivity contribution in [2.75, 3.05) is 26.2 Å². The van der Waals surface area contributed by atoms with Gasteiger partial charge in [0.2, 0.25) is 0 Å². The SMILES string of the molecule is Clc1ccc(CCNCC2(N3CCCCC3)CCCCC2)cc1Cl. The van der Waals surface area contributed by atoms with E-state index in [0.29, 0.717) is 15.6 Å². The third-order valence-corrected chi connectivity index (χ3v) is 6.58. The van der Waals surface area contributed by atoms with Crippen LogP contribution >= 0.6 is 23.2 Å². The monoisotopic (exact) mass is 368 g/mol. The largest absolute Gasteiger partial charge is 0.315 e. The third-order valence-electron chi connectivity index (χ3n) is 5.84. The molecule has 0 atom stereocenters. The minimum atomic E-state index is 0.413. The predicted molar refractivity (Wildman–Crippen MR) is 104 cm³/mol. The highest BCUT2D eigenvalue weighted by Gasteiger charge is 2.37. The maximum absolute atomic E-state index is 6.11. The van der Waals surface area contributed by atoms with E-state index in [1.165, 1.54) is 70.0 Å². The summed E-state index contributed by atoms with van der Waals surface area (Å²) < 4.78 is 0. The highest BCUT2D eigenvalue weighted by atomic mass is 35.5. The number of hydrogen-bond donors (Lipinski definition) is 1. The van der Waals surface area contributed by atoms with Crippen molar-refractivity contribution in [3.63, 3.8) is 0 Å². The van der Waals surface area contributed by atoms with Crippen molar-refractivity contribution in [3.05, 3.63) is 33.8 Å². The zero-order chi connectivity index (χ0) is 16.8. The Labute approximate surface area is 156 Å². The Balaban J connectivity index is 1.52. The molecule has 24 heavy (non-hydrogen) atoms. The number of likely N-dealkylation sites (tertiary alicyclic amines) is 1. The average Bonchev–Trinajstić information content (AvgIpc) is 2.63. The van der Waals surface area contributed by atoms with E-state index in [4.69, 9.17) is 23.2 Å². The number of piperidine rings is 1. The molecule has 1 N–H and O–H groups in total. The summed E-state index contributed by atoms with van der Waals surface area (Å²) in [7, 11) is 0. The molecule has 1 heterocycles. The Kier molecular flexibility index (Phi) is 6.86. The lowest BCUT2D eigenvalue weighted by atomic mass is 9.79. The predicted octanol–water partition coefficient (Wildman–Crippen LogP) is 5.31. The number of benzene rings is 1. The van der Waals surface area contributed by atoms with Crippen molar-refractivity contribution in [2.45, 2.75) is 63.3 Å². The second kappa shape index (κ2) is 8.89. The van der Waals surface area contributed by atoms with Crippen molar-refractivity contribution < 1.29 is 0 Å². The van der Waals surface area contributed by atoms with Gasteiger partial charge < -0.3 is 5.32 Å². The van der Waals surface area contributed by atoms with Crippen LogP contribution in [0.15, 0.2) is 18.2 Å². The molecule has 2 fully saturated rings. The van der Waals surface area contributed by atoms with Gasteiger partial charge in [0.25, 0.3) is 0 Å². The third kappa shape index (κ3) is 4.66. The first-order valence-corrected chi connectivity index (χ1v) is 10.3. The van der Waals surface area contributed by atoms with Crippen molar-refractivity contribution in [1.82, 2.24) is 10.2 Å². The van der Waals surface area contributed by atoms with Gasteiger partial charge in [-0.15, -0.1) is 0 Å². The van der Waals surface area contributed by atoms with Crippen LogP contribution in [-0.4, -0.2) is 36.6 Å². The molecule has 0 radical (unpaired) electrons. The summed E-state index contributed by atoms with van der Waals surface area (Å²) in [4.78, 5) is 2.81. The molecule has 134 valence electrons. The van der Waals surface area contributed by atoms with E-state index in [1.807, 2.05) is 12.1 Å². The number of nitrogens with zero attached hydrogens (tertiary/aromatic N) is 1. The van der Waals surface area contributed by atoms with Crippen molar-refractivity contribution in [1.29, 1.82) is 0 Å². The molecule has 4 heteroatoms. The lowest BCUT2D eigenvalue weighted by molar-refractivity contribution is 0.0337. The fraction of sp³-hybridized carbons (Fsp3) is 0.700. The van der Waals surface area contributed by atoms with E-state index >= 15 is 0 Å². The molecule has 1 aliphatic carbocycles. The fourth-order valence-electron chi connectivity index (χ4n) is 4.43. The van der Waals surface area contributed by atoms with Crippen LogP contribution in [0.1, 0.15) is 56.9 Å². The highest BCUT2D eigenvalue weighted by molar-refractivity contribution is 6.42. The minimum absolute atomic E-state index is 0.413. The first kappa shape index (κ1) is 18.5. The van der Waals surface area contributed by atoms with Crippen molar-refractivity contribution in [3.8, 4) is 0 Å². The Morgan fingerprint density at radius 2 is 1.62 bits per heavy atom. The summed E-state index contributed by atoms with van der Waals surface area (Å²) >= 11 is 12.1. The van der Waals surface area contributed by atoms with Gasteiger partial charge in [-0.05, 0) is 69.4 Å². The van der Waals surface area contributed by atoms with Crippen molar-refractivity contribution in [2.24, 2.45) is 0 Å². The van der Waals surface area contributed by atoms with Crippen LogP contribution in [0.5, 0.6) is 0 Å². The first-order chi connectivity index (χ1) is 11.7. The lowest BCUT2D eigenvalue weighted by Gasteiger charge is -2.48. The fourth-order valence-corrected chi connectivity index (χ4v) is 4.75. The van der Waals surface area contributed by atoms with Gasteiger partial charge in [-0.25, -0.2) is 0 Å². The van der Waals surface area contributed by atoms with Gasteiger partial charge >= 0.3 is 0 Å². The molecular formula is C20H30Cl2N2. The van der Waals surface area contributed by atoms with E-state index in [0.717, 1.165) is 19.5 Å². The average molecular weight is 369 g/mol. The highest BCUT2D eigenvalue weighted by Crippen LogP contribution is 2.35. The number of nitrogens with one attached hydrogen (secondary N) is 1. The molecule has 1 saturated heterocycles. The van der Waals surface area contributed by atoms with Gasteiger partial charge in [0.15, 0.2) is 0 Å². The van der Waals surface area contributed by atoms with E-state index in [9.17, 15) is 0 Å². The number of rotatable bonds is 6. The van der Waals surface area contributed by atoms with Gasteiger partial charge in [-0.3, -0.25) is 4.90 Å². The maximum atomic E-state index is 6.11. The number of halogens is 2. The summed E-state index contributed by atoms with van der Waals surface area (Å²) in [5.74, 6) is 0. The molecule has 1 aliphatic heterocycles. The molecule has 0 bridgehead atoms. The molecule has 0 amide bonds. The molecule has 1 aromatic rings. The standard InChI is InChI=1S/C20H30Cl2N2/c21-18-8-7-17(15-19(18)22)9-12-23-16-20(10-3-1-4-11-20)24-13-5-2-6-14-24/h7-8,15,23H,1-6,9-14,16H2. The van der Waals surface area contributed by atoms with Gasteiger partial charge in [-0.1, -0.05) is 55.0 Å². The lowest BCUT2D eigenvalue weighted by Crippen LogP contribution is -2.57. The normalized spacial score (nSPS) is 21.8. The van der Waals surface area contributed by atoms with Crippen LogP contribution in [0.3, 0.4) is 0 Å². The van der Waals surface area contributed by atoms with E-state index < -0.39 is 0 Å². The Bertz CT molecular complexity index is 520. The summed E-state index contributed by atoms with van der Waals surface area (Å²) in [6.45, 7) is 4.74. The van der Waals surface area contributed by atoms with Crippen LogP contribution in [0, 0.1) is 0 Å². The summed E-state index contributed by atoms with van der Waals surface area (Å²) in [6.07, 6.45) is 12.1. The van der Waals surface area contributed by atoms with Crippen LogP contribution in [0.25, 0.3) is 0 Å². The molecule has 0 aromatic heterocycles. The minimum Gasteiger partial charge on any atom is -0.315 e. The van der Waals surface area contributed by atoms with E-state index in [1.54, 1.807) is 0 Å². The summed E-state index contributed by atoms with van der Waals surface area (Å²) in [5.41, 5.74) is 1.67. The van der Waals surface area contributed by atoms with E-state index in [2.05, 4.69) is 16.3 Å². The van der Waals surface area contributed by atoms with Gasteiger partial charge in [0.05, 0.1) is 10.0 Å². The second-order valence-corrected chi connectivity index (χ2v) is 8.32. The smallest absolute Gasteiger partial charge is 0.0595 e. The quantitative estimate of drug-likeness (QED) is 0.683. The van der Waals surface area contributed by atoms with Crippen LogP contribution < -0.4 is 5.32 Å². The molecular weight excluding hydrogens is 339 g/mol. The van der Waals surface area contributed by atoms with Crippen LogP contribution in [0.4, 0.5) is 0 Å². The second-order valence-electron chi connectivity index (χ2n) is 7.51. The van der Waals surface area contributed by atoms with Crippen LogP contribution in [-0.2, 0) is 6.42 Å². The molecule has 0 spiro atoms. The zero-order valence-corrected chi connectivity index (χ0v) is 16.1. The van der Waals surface area contributed by atoms with Crippen molar-refractivity contribution >= 4 is 23.2 Å². The summed E-state index contributed by atoms with van der Waals surface area (Å²) in [5, 5.41) is 5.06. The molecule has 1 aromatic carbocycles. The molecule has 1 saturated carbocycles. The Hall–Kier alpha value is -0.280. The topological polar surface area (TPSA) is 15.3 Å². The van der Waals surface area contributed by atoms with E-state index in [-0.39, 0.29) is 0 Å². The van der Waals surface area contributed by atoms with Crippen LogP contribution in [0.2, 0.25) is 10.0 Å². The molecule has 2 aliphatic rings. The molecule has 2 nitrogen and oxygen atoms in total. The Morgan fingerprint density at radius 3 is 2.33 bits per heavy atom. The zero-order valence-electron chi connectivity index (χ0n) is 14.6. The van der Waals surface area contributed by atoms with Gasteiger partial charge in [0.1, 0.15) is 0 Å². The molecule has 0 unspecified atom stereocenters.